The van der Waals surface area contributed by atoms with E-state index in [1.807, 2.05) is 38.5 Å². The number of carbonyl (C=O) groups is 3. The highest BCUT2D eigenvalue weighted by molar-refractivity contribution is 6.17. The number of rotatable bonds is 26. The minimum Gasteiger partial charge on any atom is -1.00 e. The van der Waals surface area contributed by atoms with Crippen LogP contribution in [0, 0.1) is 0 Å². The number of alkyl halides is 4. The molecule has 406 valence electrons. The van der Waals surface area contributed by atoms with E-state index in [-0.39, 0.29) is 109 Å². The highest BCUT2D eigenvalue weighted by Gasteiger charge is 2.38. The van der Waals surface area contributed by atoms with Crippen LogP contribution in [-0.2, 0) is 58.4 Å². The summed E-state index contributed by atoms with van der Waals surface area (Å²) >= 11 is 5.82. The maximum atomic E-state index is 12.4. The molecule has 0 saturated carbocycles. The van der Waals surface area contributed by atoms with Gasteiger partial charge in [-0.3, -0.25) is 14.4 Å². The SMILES string of the molecule is CC(=O)NCCCn1cc[n+](CCCNC(=O)C(F)(F)F)c1N=Nc1cnn(CCCCC(=O)OC(C)(C)C)c1N.N.Nc1c(N=Nc2n(CCC[NH3+])cc[n+]2CCCCl)cnn1CCC[NH3+].[Br-].[Br-].[Cl-].[Cl-]. The molecule has 0 aliphatic heterocycles. The van der Waals surface area contributed by atoms with Crippen LogP contribution in [0.5, 0.6) is 0 Å². The monoisotopic (exact) mass is 1200 g/mol. The fourth-order valence-corrected chi connectivity index (χ4v) is 6.21. The number of nitrogens with two attached hydrogens (primary N) is 2. The molecule has 4 rings (SSSR count). The summed E-state index contributed by atoms with van der Waals surface area (Å²) in [5.74, 6) is 0.205. The van der Waals surface area contributed by atoms with Crippen molar-refractivity contribution in [1.29, 1.82) is 0 Å². The van der Waals surface area contributed by atoms with Crippen LogP contribution in [-0.4, -0.2) is 90.3 Å². The number of anilines is 2. The summed E-state index contributed by atoms with van der Waals surface area (Å²) in [5, 5.41) is 30.4. The number of nitrogen functional groups attached to an aromatic ring is 2. The first-order valence-electron chi connectivity index (χ1n) is 22.0. The van der Waals surface area contributed by atoms with Gasteiger partial charge in [-0.05, 0) is 52.9 Å². The summed E-state index contributed by atoms with van der Waals surface area (Å²) in [7, 11) is 0. The Morgan fingerprint density at radius 3 is 1.66 bits per heavy atom. The first-order chi connectivity index (χ1) is 31.4. The molecule has 15 N–H and O–H groups in total. The average Bonchev–Trinajstić information content (AvgIpc) is 4.03. The number of ether oxygens (including phenoxy) is 1. The number of hydrogen-bond acceptors (Lipinski definition) is 13. The molecular formula is C40H71Br2Cl3F3N19O4. The van der Waals surface area contributed by atoms with Gasteiger partial charge in [0.2, 0.25) is 5.91 Å². The normalized spacial score (nSPS) is 11.1. The molecule has 4 heterocycles. The molecule has 0 bridgehead atoms. The second-order valence-corrected chi connectivity index (χ2v) is 16.5. The summed E-state index contributed by atoms with van der Waals surface area (Å²) in [4.78, 5) is 34.1. The highest BCUT2D eigenvalue weighted by Crippen LogP contribution is 2.25. The van der Waals surface area contributed by atoms with Gasteiger partial charge in [-0.15, -0.1) is 11.6 Å². The van der Waals surface area contributed by atoms with E-state index in [0.717, 1.165) is 57.9 Å². The van der Waals surface area contributed by atoms with Gasteiger partial charge in [-0.1, -0.05) is 10.2 Å². The fourth-order valence-electron chi connectivity index (χ4n) is 6.09. The van der Waals surface area contributed by atoms with Crippen molar-refractivity contribution in [2.24, 2.45) is 20.5 Å². The number of amides is 2. The lowest BCUT2D eigenvalue weighted by molar-refractivity contribution is -0.683. The lowest BCUT2D eigenvalue weighted by Crippen LogP contribution is -3.00. The quantitative estimate of drug-likeness (QED) is 0.0103. The smallest absolute Gasteiger partial charge is 0.471 e. The van der Waals surface area contributed by atoms with E-state index in [9.17, 15) is 27.6 Å². The van der Waals surface area contributed by atoms with Crippen LogP contribution in [0.4, 0.5) is 48.1 Å². The zero-order valence-corrected chi connectivity index (χ0v) is 46.1. The number of hydrogen-bond donors (Lipinski definition) is 7. The molecule has 0 unspecified atom stereocenters. The van der Waals surface area contributed by atoms with Gasteiger partial charge in [0.1, 0.15) is 5.60 Å². The molecule has 4 aromatic heterocycles. The van der Waals surface area contributed by atoms with Gasteiger partial charge < -0.3 is 103 Å². The van der Waals surface area contributed by atoms with E-state index in [2.05, 4.69) is 56.6 Å². The maximum absolute atomic E-state index is 12.4. The van der Waals surface area contributed by atoms with Crippen molar-refractivity contribution < 1.29 is 112 Å². The molecule has 0 fully saturated rings. The number of aryl methyl sites for hydroxylation is 6. The fraction of sp³-hybridized carbons (Fsp3) is 0.625. The third-order valence-electron chi connectivity index (χ3n) is 9.39. The van der Waals surface area contributed by atoms with E-state index in [1.165, 1.54) is 13.1 Å². The molecule has 71 heavy (non-hydrogen) atoms. The maximum Gasteiger partial charge on any atom is 0.471 e. The van der Waals surface area contributed by atoms with Gasteiger partial charge >= 0.3 is 29.9 Å². The number of nitrogens with zero attached hydrogens (tertiary/aromatic N) is 12. The van der Waals surface area contributed by atoms with Gasteiger partial charge in [0, 0.05) is 68.5 Å². The van der Waals surface area contributed by atoms with Crippen molar-refractivity contribution in [3.63, 3.8) is 0 Å². The standard InChI is InChI=1S/C25H38F3N9O4.C15H26ClN9.2BrH.2ClH.H3N/c1-18(38)30-10-7-12-35-15-16-36(13-8-11-31-22(40)25(26,27)28)23(35)34-33-19-17-32-37(21(19)29)14-6-5-9-20(39)41-24(2,3)4;16-4-1-7-23-10-11-24(8-2-5-17)15(23)22-21-13-12-20-25(14(13)19)9-3-6-18;;;;;/h15-17,29H,5-14H2,1-4H3,(H2,30,31,38,40);10-12,19H,1-9,17-18H2;4*1H;1H3. The van der Waals surface area contributed by atoms with Crippen molar-refractivity contribution in [3.8, 4) is 0 Å². The second-order valence-electron chi connectivity index (χ2n) is 16.1. The van der Waals surface area contributed by atoms with Gasteiger partial charge in [0.05, 0.1) is 76.4 Å². The van der Waals surface area contributed by atoms with Gasteiger partial charge in [0.25, 0.3) is 0 Å². The van der Waals surface area contributed by atoms with Crippen molar-refractivity contribution >= 4 is 64.3 Å². The van der Waals surface area contributed by atoms with Crippen molar-refractivity contribution in [1.82, 2.24) is 45.5 Å². The zero-order valence-electron chi connectivity index (χ0n) is 40.7. The number of esters is 1. The van der Waals surface area contributed by atoms with Crippen molar-refractivity contribution in [2.45, 2.75) is 130 Å². The largest absolute Gasteiger partial charge is 1.00 e. The summed E-state index contributed by atoms with van der Waals surface area (Å²) < 4.78 is 53.5. The predicted molar refractivity (Wildman–Crippen MR) is 243 cm³/mol. The van der Waals surface area contributed by atoms with Crippen LogP contribution < -0.4 is 108 Å². The molecule has 31 heteroatoms. The lowest BCUT2D eigenvalue weighted by atomic mass is 10.2. The third kappa shape index (κ3) is 25.7. The number of azo groups is 2. The Hall–Kier alpha value is -4.45. The van der Waals surface area contributed by atoms with Crippen LogP contribution in [0.15, 0.2) is 57.6 Å². The topological polar surface area (TPSA) is 330 Å². The number of imidazole rings is 2. The molecular weight excluding hydrogens is 1130 g/mol. The van der Waals surface area contributed by atoms with Gasteiger partial charge in [-0.25, -0.2) is 27.6 Å². The van der Waals surface area contributed by atoms with E-state index < -0.39 is 17.7 Å². The van der Waals surface area contributed by atoms with Crippen molar-refractivity contribution in [3.05, 3.63) is 37.2 Å². The molecule has 0 aliphatic rings. The van der Waals surface area contributed by atoms with Crippen LogP contribution in [0.1, 0.15) is 79.1 Å². The lowest BCUT2D eigenvalue weighted by Gasteiger charge is -2.19. The Labute approximate surface area is 450 Å². The molecule has 4 aromatic rings. The van der Waals surface area contributed by atoms with Crippen LogP contribution in [0.2, 0.25) is 0 Å². The summed E-state index contributed by atoms with van der Waals surface area (Å²) in [6.07, 6.45) is 10.8. The average molecular weight is 1210 g/mol. The van der Waals surface area contributed by atoms with E-state index in [1.54, 1.807) is 37.1 Å². The molecule has 0 radical (unpaired) electrons. The molecule has 2 amide bonds. The number of nitrogens with one attached hydrogen (secondary N) is 2. The highest BCUT2D eigenvalue weighted by atomic mass is 79.9. The van der Waals surface area contributed by atoms with Crippen LogP contribution in [0.3, 0.4) is 0 Å². The van der Waals surface area contributed by atoms with Gasteiger partial charge in [0.15, 0.2) is 23.0 Å². The Kier molecular flexibility index (Phi) is 36.4. The minimum atomic E-state index is -4.94. The second kappa shape index (κ2) is 36.5. The van der Waals surface area contributed by atoms with Gasteiger partial charge in [-0.2, -0.15) is 23.4 Å². The van der Waals surface area contributed by atoms with Crippen molar-refractivity contribution in [2.75, 3.05) is 43.5 Å². The van der Waals surface area contributed by atoms with E-state index in [4.69, 9.17) is 27.8 Å². The summed E-state index contributed by atoms with van der Waals surface area (Å²) in [6, 6.07) is 0. The Morgan fingerprint density at radius 1 is 0.732 bits per heavy atom. The predicted octanol–water partition coefficient (Wildman–Crippen LogP) is -8.88. The minimum absolute atomic E-state index is 0. The first-order valence-corrected chi connectivity index (χ1v) is 22.5. The van der Waals surface area contributed by atoms with E-state index in [0.29, 0.717) is 67.9 Å². The number of unbranched alkanes of at least 4 members (excludes halogenated alkanes) is 1. The first kappa shape index (κ1) is 70.8. The Bertz CT molecular complexity index is 2170. The number of quaternary nitrogens is 2. The summed E-state index contributed by atoms with van der Waals surface area (Å²) in [5.41, 5.74) is 20.4. The molecule has 0 aromatic carbocycles. The molecule has 0 saturated heterocycles. The Balaban J connectivity index is -0.00000134. The summed E-state index contributed by atoms with van der Waals surface area (Å²) in [6.45, 7) is 12.5. The van der Waals surface area contributed by atoms with Crippen LogP contribution >= 0.6 is 11.6 Å². The molecule has 0 atom stereocenters. The third-order valence-corrected chi connectivity index (χ3v) is 9.65. The number of carbonyl (C=O) groups excluding carboxylic acids is 3. The number of aromatic nitrogens is 8. The van der Waals surface area contributed by atoms with E-state index >= 15 is 0 Å². The zero-order chi connectivity index (χ0) is 48.7. The van der Waals surface area contributed by atoms with Crippen LogP contribution in [0.25, 0.3) is 0 Å². The number of halogens is 8. The molecule has 23 nitrogen and oxygen atoms in total. The Morgan fingerprint density at radius 2 is 1.20 bits per heavy atom. The molecule has 0 spiro atoms. The molecule has 0 aliphatic carbocycles.